The topological polar surface area (TPSA) is 65.5 Å². The summed E-state index contributed by atoms with van der Waals surface area (Å²) in [6, 6.07) is 10.8. The van der Waals surface area contributed by atoms with Gasteiger partial charge in [0.25, 0.3) is 5.91 Å². The lowest BCUT2D eigenvalue weighted by atomic mass is 9.92. The minimum absolute atomic E-state index is 0.109. The predicted octanol–water partition coefficient (Wildman–Crippen LogP) is 3.47. The lowest BCUT2D eigenvalue weighted by Crippen LogP contribution is -2.39. The number of piperidine rings is 1. The maximum absolute atomic E-state index is 12.6. The molecule has 1 aromatic carbocycles. The van der Waals surface area contributed by atoms with Gasteiger partial charge in [-0.15, -0.1) is 11.3 Å². The number of aromatic nitrogens is 1. The van der Waals surface area contributed by atoms with Gasteiger partial charge in [-0.1, -0.05) is 30.3 Å². The molecule has 1 atom stereocenters. The van der Waals surface area contributed by atoms with Crippen molar-refractivity contribution in [2.45, 2.75) is 51.6 Å². The third-order valence-electron chi connectivity index (χ3n) is 6.51. The van der Waals surface area contributed by atoms with Gasteiger partial charge in [0.1, 0.15) is 4.88 Å². The standard InChI is InChI=1S/C24H32N4O2S/c1-18-23(31-17-25-18)24(30)28-13-9-19(10-14-28)7-8-22(29)26-21-11-12-27(16-21)15-20-5-3-2-4-6-20/h2-6,17,19,21H,7-16H2,1H3,(H,26,29)/t21-/m1/s1. The molecule has 0 unspecified atom stereocenters. The zero-order valence-corrected chi connectivity index (χ0v) is 19.1. The molecule has 0 aliphatic carbocycles. The summed E-state index contributed by atoms with van der Waals surface area (Å²) in [5.74, 6) is 0.804. The third kappa shape index (κ3) is 5.92. The van der Waals surface area contributed by atoms with E-state index in [1.54, 1.807) is 5.51 Å². The Morgan fingerprint density at radius 3 is 2.61 bits per heavy atom. The van der Waals surface area contributed by atoms with Crippen LogP contribution in [-0.4, -0.2) is 58.8 Å². The molecule has 4 rings (SSSR count). The summed E-state index contributed by atoms with van der Waals surface area (Å²) in [4.78, 5) is 34.4. The van der Waals surface area contributed by atoms with Crippen LogP contribution in [0.3, 0.4) is 0 Å². The van der Waals surface area contributed by atoms with Crippen LogP contribution in [0.5, 0.6) is 0 Å². The molecule has 2 aromatic rings. The second-order valence-corrected chi connectivity index (χ2v) is 9.67. The molecular weight excluding hydrogens is 408 g/mol. The van der Waals surface area contributed by atoms with Crippen molar-refractivity contribution >= 4 is 23.2 Å². The summed E-state index contributed by atoms with van der Waals surface area (Å²) in [6.45, 7) is 6.36. The Bertz CT molecular complexity index is 877. The van der Waals surface area contributed by atoms with E-state index in [9.17, 15) is 9.59 Å². The molecule has 2 fully saturated rings. The molecule has 0 saturated carbocycles. The number of nitrogens with one attached hydrogen (secondary N) is 1. The number of carbonyl (C=O) groups excluding carboxylic acids is 2. The highest BCUT2D eigenvalue weighted by Crippen LogP contribution is 2.25. The highest BCUT2D eigenvalue weighted by atomic mass is 32.1. The van der Waals surface area contributed by atoms with Crippen molar-refractivity contribution in [1.82, 2.24) is 20.1 Å². The first kappa shape index (κ1) is 22.0. The molecule has 3 heterocycles. The average molecular weight is 441 g/mol. The Morgan fingerprint density at radius 2 is 1.90 bits per heavy atom. The van der Waals surface area contributed by atoms with Crippen molar-refractivity contribution < 1.29 is 9.59 Å². The van der Waals surface area contributed by atoms with Crippen LogP contribution < -0.4 is 5.32 Å². The van der Waals surface area contributed by atoms with E-state index in [0.29, 0.717) is 12.3 Å². The number of hydrogen-bond acceptors (Lipinski definition) is 5. The van der Waals surface area contributed by atoms with Crippen molar-refractivity contribution in [2.75, 3.05) is 26.2 Å². The van der Waals surface area contributed by atoms with Crippen LogP contribution >= 0.6 is 11.3 Å². The van der Waals surface area contributed by atoms with Crippen LogP contribution in [-0.2, 0) is 11.3 Å². The van der Waals surface area contributed by atoms with Gasteiger partial charge in [-0.25, -0.2) is 4.98 Å². The van der Waals surface area contributed by atoms with Gasteiger partial charge in [0.15, 0.2) is 0 Å². The fraction of sp³-hybridized carbons (Fsp3) is 0.542. The summed E-state index contributed by atoms with van der Waals surface area (Å²) in [5, 5.41) is 3.24. The summed E-state index contributed by atoms with van der Waals surface area (Å²) >= 11 is 1.42. The molecule has 1 N–H and O–H groups in total. The van der Waals surface area contributed by atoms with E-state index >= 15 is 0 Å². The van der Waals surface area contributed by atoms with E-state index in [2.05, 4.69) is 39.5 Å². The van der Waals surface area contributed by atoms with Gasteiger partial charge >= 0.3 is 0 Å². The number of carbonyl (C=O) groups is 2. The monoisotopic (exact) mass is 440 g/mol. The normalized spacial score (nSPS) is 20.2. The van der Waals surface area contributed by atoms with E-state index < -0.39 is 0 Å². The Kier molecular flexibility index (Phi) is 7.35. The zero-order chi connectivity index (χ0) is 21.6. The zero-order valence-electron chi connectivity index (χ0n) is 18.3. The van der Waals surface area contributed by atoms with Gasteiger partial charge in [0.05, 0.1) is 11.2 Å². The van der Waals surface area contributed by atoms with Crippen LogP contribution in [0.2, 0.25) is 0 Å². The fourth-order valence-electron chi connectivity index (χ4n) is 4.65. The molecule has 2 aliphatic heterocycles. The first-order chi connectivity index (χ1) is 15.1. The second kappa shape index (κ2) is 10.4. The van der Waals surface area contributed by atoms with Crippen molar-refractivity contribution in [1.29, 1.82) is 0 Å². The molecule has 0 spiro atoms. The summed E-state index contributed by atoms with van der Waals surface area (Å²) in [7, 11) is 0. The predicted molar refractivity (Wildman–Crippen MR) is 123 cm³/mol. The Balaban J connectivity index is 1.13. The molecule has 0 bridgehead atoms. The molecule has 2 saturated heterocycles. The average Bonchev–Trinajstić information content (AvgIpc) is 3.41. The van der Waals surface area contributed by atoms with E-state index in [1.807, 2.05) is 17.9 Å². The quantitative estimate of drug-likeness (QED) is 0.716. The first-order valence-corrected chi connectivity index (χ1v) is 12.2. The number of nitrogens with zero attached hydrogens (tertiary/aromatic N) is 3. The van der Waals surface area contributed by atoms with E-state index in [0.717, 1.165) is 69.0 Å². The lowest BCUT2D eigenvalue weighted by Gasteiger charge is -2.31. The number of thiazole rings is 1. The number of likely N-dealkylation sites (tertiary alicyclic amines) is 2. The number of rotatable bonds is 7. The van der Waals surface area contributed by atoms with Crippen LogP contribution in [0, 0.1) is 12.8 Å². The van der Waals surface area contributed by atoms with Crippen LogP contribution in [0.25, 0.3) is 0 Å². The second-order valence-electron chi connectivity index (χ2n) is 8.81. The van der Waals surface area contributed by atoms with Crippen LogP contribution in [0.15, 0.2) is 35.8 Å². The number of hydrogen-bond donors (Lipinski definition) is 1. The van der Waals surface area contributed by atoms with Gasteiger partial charge in [0, 0.05) is 45.2 Å². The third-order valence-corrected chi connectivity index (χ3v) is 7.42. The SMILES string of the molecule is Cc1ncsc1C(=O)N1CCC(CCC(=O)N[C@@H]2CCN(Cc3ccccc3)C2)CC1. The largest absolute Gasteiger partial charge is 0.352 e. The molecule has 0 radical (unpaired) electrons. The van der Waals surface area contributed by atoms with Gasteiger partial charge in [-0.2, -0.15) is 0 Å². The molecule has 7 heteroatoms. The highest BCUT2D eigenvalue weighted by molar-refractivity contribution is 7.11. The van der Waals surface area contributed by atoms with E-state index in [1.165, 1.54) is 16.9 Å². The Labute approximate surface area is 188 Å². The highest BCUT2D eigenvalue weighted by Gasteiger charge is 2.27. The number of aryl methyl sites for hydroxylation is 1. The Morgan fingerprint density at radius 1 is 1.13 bits per heavy atom. The van der Waals surface area contributed by atoms with Gasteiger partial charge in [-0.3, -0.25) is 14.5 Å². The van der Waals surface area contributed by atoms with E-state index in [-0.39, 0.29) is 17.9 Å². The van der Waals surface area contributed by atoms with Crippen molar-refractivity contribution in [2.24, 2.45) is 5.92 Å². The summed E-state index contributed by atoms with van der Waals surface area (Å²) < 4.78 is 0. The fourth-order valence-corrected chi connectivity index (χ4v) is 5.42. The van der Waals surface area contributed by atoms with E-state index in [4.69, 9.17) is 0 Å². The number of amides is 2. The summed E-state index contributed by atoms with van der Waals surface area (Å²) in [5.41, 5.74) is 3.88. The minimum Gasteiger partial charge on any atom is -0.352 e. The van der Waals surface area contributed by atoms with Crippen LogP contribution in [0.1, 0.15) is 53.0 Å². The molecule has 6 nitrogen and oxygen atoms in total. The van der Waals surface area contributed by atoms with Crippen molar-refractivity contribution in [3.05, 3.63) is 52.0 Å². The van der Waals surface area contributed by atoms with Gasteiger partial charge in [-0.05, 0) is 44.1 Å². The van der Waals surface area contributed by atoms with Crippen LogP contribution in [0.4, 0.5) is 0 Å². The van der Waals surface area contributed by atoms with Gasteiger partial charge in [0.2, 0.25) is 5.91 Å². The molecule has 166 valence electrons. The first-order valence-electron chi connectivity index (χ1n) is 11.3. The molecular formula is C24H32N4O2S. The number of benzene rings is 1. The molecule has 1 aromatic heterocycles. The van der Waals surface area contributed by atoms with Gasteiger partial charge < -0.3 is 10.2 Å². The smallest absolute Gasteiger partial charge is 0.265 e. The Hall–Kier alpha value is -2.25. The lowest BCUT2D eigenvalue weighted by molar-refractivity contribution is -0.122. The molecule has 31 heavy (non-hydrogen) atoms. The molecule has 2 aliphatic rings. The maximum Gasteiger partial charge on any atom is 0.265 e. The summed E-state index contributed by atoms with van der Waals surface area (Å²) in [6.07, 6.45) is 4.47. The maximum atomic E-state index is 12.6. The van der Waals surface area contributed by atoms with Crippen molar-refractivity contribution in [3.63, 3.8) is 0 Å². The van der Waals surface area contributed by atoms with Crippen molar-refractivity contribution in [3.8, 4) is 0 Å². The minimum atomic E-state index is 0.109. The molecule has 2 amide bonds.